The van der Waals surface area contributed by atoms with Crippen molar-refractivity contribution >= 4 is 11.6 Å². The number of nitrogens with zero attached hydrogens (tertiary/aromatic N) is 3. The molecular formula is C13H19N5O. The van der Waals surface area contributed by atoms with E-state index in [9.17, 15) is 0 Å². The molecule has 0 aliphatic carbocycles. The van der Waals surface area contributed by atoms with Gasteiger partial charge in [-0.2, -0.15) is 0 Å². The number of aromatic nitrogens is 3. The Labute approximate surface area is 112 Å². The molecule has 1 atom stereocenters. The van der Waals surface area contributed by atoms with Crippen LogP contribution >= 0.6 is 0 Å². The van der Waals surface area contributed by atoms with Crippen molar-refractivity contribution in [1.82, 2.24) is 15.0 Å². The maximum Gasteiger partial charge on any atom is 0.216 e. The van der Waals surface area contributed by atoms with Gasteiger partial charge in [-0.25, -0.2) is 15.0 Å². The fraction of sp³-hybridized carbons (Fsp3) is 0.462. The molecule has 2 rings (SSSR count). The highest BCUT2D eigenvalue weighted by molar-refractivity contribution is 5.57. The monoisotopic (exact) mass is 261 g/mol. The van der Waals surface area contributed by atoms with Crippen LogP contribution in [0.5, 0.6) is 0 Å². The molecule has 1 unspecified atom stereocenters. The predicted octanol–water partition coefficient (Wildman–Crippen LogP) is 2.65. The fourth-order valence-corrected chi connectivity index (χ4v) is 1.93. The van der Waals surface area contributed by atoms with E-state index in [2.05, 4.69) is 34.1 Å². The van der Waals surface area contributed by atoms with Crippen molar-refractivity contribution in [3.8, 4) is 0 Å². The van der Waals surface area contributed by atoms with Crippen molar-refractivity contribution in [2.75, 3.05) is 11.1 Å². The van der Waals surface area contributed by atoms with Crippen LogP contribution in [0.25, 0.3) is 0 Å². The second kappa shape index (κ2) is 5.26. The minimum Gasteiger partial charge on any atom is -0.444 e. The minimum absolute atomic E-state index is 0.0829. The molecule has 2 aromatic heterocycles. The van der Waals surface area contributed by atoms with Gasteiger partial charge < -0.3 is 15.5 Å². The summed E-state index contributed by atoms with van der Waals surface area (Å²) in [4.78, 5) is 12.5. The summed E-state index contributed by atoms with van der Waals surface area (Å²) < 4.78 is 5.50. The standard InChI is InChI=1S/C13H19N5O/c1-7(2)10-11(14)16-6-17-12(10)18-9(4)13-15-5-8(3)19-13/h5-7,9H,1-4H3,(H3,14,16,17,18). The Morgan fingerprint density at radius 3 is 2.53 bits per heavy atom. The molecule has 0 spiro atoms. The quantitative estimate of drug-likeness (QED) is 0.879. The zero-order valence-electron chi connectivity index (χ0n) is 11.6. The van der Waals surface area contributed by atoms with Gasteiger partial charge in [0.05, 0.1) is 6.20 Å². The Morgan fingerprint density at radius 1 is 1.21 bits per heavy atom. The van der Waals surface area contributed by atoms with Gasteiger partial charge in [-0.3, -0.25) is 0 Å². The Morgan fingerprint density at radius 2 is 1.95 bits per heavy atom. The molecule has 0 saturated carbocycles. The molecule has 6 heteroatoms. The highest BCUT2D eigenvalue weighted by atomic mass is 16.4. The van der Waals surface area contributed by atoms with Crippen molar-refractivity contribution in [2.24, 2.45) is 0 Å². The summed E-state index contributed by atoms with van der Waals surface area (Å²) in [6.45, 7) is 7.94. The summed E-state index contributed by atoms with van der Waals surface area (Å²) in [5, 5.41) is 3.27. The van der Waals surface area contributed by atoms with E-state index in [4.69, 9.17) is 10.2 Å². The van der Waals surface area contributed by atoms with Gasteiger partial charge in [0.1, 0.15) is 29.8 Å². The van der Waals surface area contributed by atoms with Crippen molar-refractivity contribution < 1.29 is 4.42 Å². The van der Waals surface area contributed by atoms with Gasteiger partial charge in [-0.15, -0.1) is 0 Å². The van der Waals surface area contributed by atoms with Crippen molar-refractivity contribution in [3.05, 3.63) is 29.7 Å². The van der Waals surface area contributed by atoms with Crippen molar-refractivity contribution in [2.45, 2.75) is 39.7 Å². The molecule has 2 aromatic rings. The van der Waals surface area contributed by atoms with E-state index in [0.29, 0.717) is 11.7 Å². The molecule has 102 valence electrons. The van der Waals surface area contributed by atoms with E-state index < -0.39 is 0 Å². The highest BCUT2D eigenvalue weighted by Crippen LogP contribution is 2.28. The molecule has 0 amide bonds. The predicted molar refractivity (Wildman–Crippen MR) is 73.8 cm³/mol. The van der Waals surface area contributed by atoms with Crippen LogP contribution in [-0.4, -0.2) is 15.0 Å². The largest absolute Gasteiger partial charge is 0.444 e. The van der Waals surface area contributed by atoms with Crippen molar-refractivity contribution in [1.29, 1.82) is 0 Å². The Balaban J connectivity index is 2.26. The number of nitrogen functional groups attached to an aromatic ring is 1. The van der Waals surface area contributed by atoms with E-state index in [1.807, 2.05) is 13.8 Å². The lowest BCUT2D eigenvalue weighted by Crippen LogP contribution is -2.13. The zero-order valence-corrected chi connectivity index (χ0v) is 11.6. The van der Waals surface area contributed by atoms with Gasteiger partial charge in [0.15, 0.2) is 0 Å². The summed E-state index contributed by atoms with van der Waals surface area (Å²) in [5.41, 5.74) is 6.83. The van der Waals surface area contributed by atoms with Gasteiger partial charge in [-0.05, 0) is 19.8 Å². The molecular weight excluding hydrogens is 242 g/mol. The maximum atomic E-state index is 5.91. The van der Waals surface area contributed by atoms with E-state index >= 15 is 0 Å². The number of rotatable bonds is 4. The number of aryl methyl sites for hydroxylation is 1. The van der Waals surface area contributed by atoms with Crippen LogP contribution in [-0.2, 0) is 0 Å². The van der Waals surface area contributed by atoms with Crippen LogP contribution in [0.1, 0.15) is 49.9 Å². The van der Waals surface area contributed by atoms with E-state index in [1.54, 1.807) is 6.20 Å². The number of nitrogens with two attached hydrogens (primary N) is 1. The molecule has 19 heavy (non-hydrogen) atoms. The summed E-state index contributed by atoms with van der Waals surface area (Å²) >= 11 is 0. The number of hydrogen-bond acceptors (Lipinski definition) is 6. The van der Waals surface area contributed by atoms with E-state index in [0.717, 1.165) is 17.1 Å². The zero-order chi connectivity index (χ0) is 14.0. The second-order valence-electron chi connectivity index (χ2n) is 4.85. The number of anilines is 2. The van der Waals surface area contributed by atoms with Crippen LogP contribution in [0.2, 0.25) is 0 Å². The van der Waals surface area contributed by atoms with Crippen LogP contribution in [0.3, 0.4) is 0 Å². The SMILES string of the molecule is Cc1cnc(C(C)Nc2ncnc(N)c2C(C)C)o1. The molecule has 0 aliphatic heterocycles. The molecule has 2 heterocycles. The minimum atomic E-state index is -0.0829. The summed E-state index contributed by atoms with van der Waals surface area (Å²) in [7, 11) is 0. The lowest BCUT2D eigenvalue weighted by molar-refractivity contribution is 0.453. The molecule has 0 aliphatic rings. The Bertz CT molecular complexity index is 564. The Kier molecular flexibility index (Phi) is 3.69. The number of nitrogens with one attached hydrogen (secondary N) is 1. The molecule has 0 bridgehead atoms. The van der Waals surface area contributed by atoms with Gasteiger partial charge in [-0.1, -0.05) is 13.8 Å². The van der Waals surface area contributed by atoms with Gasteiger partial charge in [0.25, 0.3) is 0 Å². The van der Waals surface area contributed by atoms with Crippen LogP contribution in [0, 0.1) is 6.92 Å². The first-order valence-corrected chi connectivity index (χ1v) is 6.28. The third-order valence-electron chi connectivity index (χ3n) is 2.85. The average Bonchev–Trinajstić information content (AvgIpc) is 2.75. The normalized spacial score (nSPS) is 12.7. The summed E-state index contributed by atoms with van der Waals surface area (Å²) in [6.07, 6.45) is 3.16. The second-order valence-corrected chi connectivity index (χ2v) is 4.85. The third-order valence-corrected chi connectivity index (χ3v) is 2.85. The molecule has 3 N–H and O–H groups in total. The van der Waals surface area contributed by atoms with Crippen molar-refractivity contribution in [3.63, 3.8) is 0 Å². The van der Waals surface area contributed by atoms with Crippen LogP contribution in [0.4, 0.5) is 11.6 Å². The third kappa shape index (κ3) is 2.83. The first-order valence-electron chi connectivity index (χ1n) is 6.28. The van der Waals surface area contributed by atoms with Crippen LogP contribution < -0.4 is 11.1 Å². The Hall–Kier alpha value is -2.11. The molecule has 0 aromatic carbocycles. The van der Waals surface area contributed by atoms with Crippen LogP contribution in [0.15, 0.2) is 16.9 Å². The van der Waals surface area contributed by atoms with E-state index in [1.165, 1.54) is 6.33 Å². The summed E-state index contributed by atoms with van der Waals surface area (Å²) in [6, 6.07) is -0.0829. The molecule has 0 radical (unpaired) electrons. The summed E-state index contributed by atoms with van der Waals surface area (Å²) in [5.74, 6) is 2.88. The molecule has 0 saturated heterocycles. The smallest absolute Gasteiger partial charge is 0.216 e. The first kappa shape index (κ1) is 13.3. The molecule has 6 nitrogen and oxygen atoms in total. The lowest BCUT2D eigenvalue weighted by Gasteiger charge is -2.17. The lowest BCUT2D eigenvalue weighted by atomic mass is 10.0. The highest BCUT2D eigenvalue weighted by Gasteiger charge is 2.17. The fourth-order valence-electron chi connectivity index (χ4n) is 1.93. The number of hydrogen-bond donors (Lipinski definition) is 2. The topological polar surface area (TPSA) is 89.9 Å². The van der Waals surface area contributed by atoms with E-state index in [-0.39, 0.29) is 12.0 Å². The number of oxazole rings is 1. The van der Waals surface area contributed by atoms with Gasteiger partial charge in [0, 0.05) is 5.56 Å². The molecule has 0 fully saturated rings. The van der Waals surface area contributed by atoms with Gasteiger partial charge >= 0.3 is 0 Å². The average molecular weight is 261 g/mol. The maximum absolute atomic E-state index is 5.91. The van der Waals surface area contributed by atoms with Gasteiger partial charge in [0.2, 0.25) is 5.89 Å². The first-order chi connectivity index (χ1) is 8.99.